The van der Waals surface area contributed by atoms with Gasteiger partial charge in [-0.3, -0.25) is 14.3 Å². The maximum Gasteiger partial charge on any atom is 0.286 e. The first kappa shape index (κ1) is 35.5. The van der Waals surface area contributed by atoms with Crippen molar-refractivity contribution in [2.75, 3.05) is 44.6 Å². The molecule has 1 spiro atoms. The topological polar surface area (TPSA) is 107 Å². The summed E-state index contributed by atoms with van der Waals surface area (Å²) in [6.45, 7) is 5.97. The molecule has 0 radical (unpaired) electrons. The van der Waals surface area contributed by atoms with Gasteiger partial charge >= 0.3 is 0 Å². The molecule has 7 rings (SSSR count). The zero-order chi connectivity index (χ0) is 35.3. The maximum atomic E-state index is 14.5. The molecule has 2 saturated carbocycles. The molecule has 0 aromatic heterocycles. The van der Waals surface area contributed by atoms with E-state index in [-0.39, 0.29) is 40.6 Å². The normalized spacial score (nSPS) is 36.0. The lowest BCUT2D eigenvalue weighted by atomic mass is 9.68. The van der Waals surface area contributed by atoms with E-state index < -0.39 is 15.8 Å². The van der Waals surface area contributed by atoms with E-state index in [9.17, 15) is 13.8 Å². The number of nitrogens with one attached hydrogen (secondary N) is 1. The van der Waals surface area contributed by atoms with Crippen LogP contribution in [0.4, 0.5) is 5.69 Å². The molecule has 270 valence electrons. The van der Waals surface area contributed by atoms with Gasteiger partial charge in [-0.1, -0.05) is 36.7 Å². The van der Waals surface area contributed by atoms with Gasteiger partial charge in [-0.15, -0.1) is 4.36 Å². The second-order valence-corrected chi connectivity index (χ2v) is 18.1. The monoisotopic (exact) mass is 723 g/mol. The zero-order valence-corrected chi connectivity index (χ0v) is 31.2. The highest BCUT2D eigenvalue weighted by molar-refractivity contribution is 7.92. The summed E-state index contributed by atoms with van der Waals surface area (Å²) in [5, 5.41) is 0.745. The van der Waals surface area contributed by atoms with Gasteiger partial charge in [0, 0.05) is 49.2 Å². The summed E-state index contributed by atoms with van der Waals surface area (Å²) in [6, 6.07) is 11.6. The first-order chi connectivity index (χ1) is 23.9. The molecule has 9 nitrogen and oxygen atoms in total. The molecule has 50 heavy (non-hydrogen) atoms. The molecule has 2 aliphatic heterocycles. The van der Waals surface area contributed by atoms with Crippen molar-refractivity contribution in [1.29, 1.82) is 0 Å². The summed E-state index contributed by atoms with van der Waals surface area (Å²) in [5.41, 5.74) is 3.08. The maximum absolute atomic E-state index is 14.5. The van der Waals surface area contributed by atoms with Crippen LogP contribution in [0, 0.1) is 23.7 Å². The van der Waals surface area contributed by atoms with Crippen LogP contribution < -0.4 is 14.4 Å². The number of halogens is 1. The van der Waals surface area contributed by atoms with Gasteiger partial charge in [0.15, 0.2) is 0 Å². The Kier molecular flexibility index (Phi) is 9.86. The molecule has 2 fully saturated rings. The van der Waals surface area contributed by atoms with E-state index in [4.69, 9.17) is 25.8 Å². The molecule has 5 aliphatic rings. The van der Waals surface area contributed by atoms with Gasteiger partial charge in [-0.05, 0) is 118 Å². The standard InChI is InChI=1S/C39H50ClN3O6S/c1-25-7-5-9-34(47-3)31-13-10-28(31)21-43-23-39(16-6-8-26-17-30(40)12-14-32(26)39)24-49-35-15-11-27(18-33(35)43)36(44)41-50(46,22-25)42-37(45)29-19-38(2,20-29)48-4/h5,9,11-12,14-15,17-18,25,28-29,31,34H,6-8,10,13,16,19-24H2,1-4H3,(H,41,42,44,45,46)/b9-5+/t25-,28-,29?,31+,34-,38?,39-,50-/m0/s1. The largest absolute Gasteiger partial charge is 0.490 e. The summed E-state index contributed by atoms with van der Waals surface area (Å²) in [7, 11) is -0.0367. The first-order valence-corrected chi connectivity index (χ1v) is 20.1. The van der Waals surface area contributed by atoms with Crippen molar-refractivity contribution >= 4 is 39.0 Å². The Bertz CT molecular complexity index is 1800. The van der Waals surface area contributed by atoms with Gasteiger partial charge in [-0.2, -0.15) is 0 Å². The number of carbonyl (C=O) groups excluding carboxylic acids is 2. The fourth-order valence-electron chi connectivity index (χ4n) is 8.94. The lowest BCUT2D eigenvalue weighted by Crippen LogP contribution is -2.50. The number of hydrogen-bond donors (Lipinski definition) is 1. The smallest absolute Gasteiger partial charge is 0.286 e. The van der Waals surface area contributed by atoms with Gasteiger partial charge in [0.2, 0.25) is 5.91 Å². The highest BCUT2D eigenvalue weighted by Gasteiger charge is 2.46. The molecule has 2 aromatic rings. The van der Waals surface area contributed by atoms with Crippen LogP contribution in [0.3, 0.4) is 0 Å². The van der Waals surface area contributed by atoms with E-state index in [1.807, 2.05) is 32.0 Å². The minimum atomic E-state index is -3.44. The second-order valence-electron chi connectivity index (χ2n) is 15.7. The number of carbonyl (C=O) groups is 2. The molecule has 2 amide bonds. The van der Waals surface area contributed by atoms with E-state index in [1.165, 1.54) is 11.1 Å². The molecule has 3 aliphatic carbocycles. The highest BCUT2D eigenvalue weighted by Crippen LogP contribution is 2.47. The predicted octanol–water partition coefficient (Wildman–Crippen LogP) is 6.90. The Balaban J connectivity index is 1.27. The summed E-state index contributed by atoms with van der Waals surface area (Å²) >= 11 is 6.46. The molecule has 11 heteroatoms. The van der Waals surface area contributed by atoms with Gasteiger partial charge in [0.25, 0.3) is 5.91 Å². The SMILES string of the molecule is CO[C@H]1/C=C/C[C@H](C)C[S@@](=O)(NC(=O)C2CC(C)(OC)C2)=NC(=O)c2ccc3c(c2)N(C[C@@H]2CC[C@H]21)C[C@@]1(CCCc2cc(Cl)ccc21)CO3. The summed E-state index contributed by atoms with van der Waals surface area (Å²) in [6.07, 6.45) is 11.0. The number of hydrogen-bond acceptors (Lipinski definition) is 7. The highest BCUT2D eigenvalue weighted by atomic mass is 35.5. The third kappa shape index (κ3) is 6.97. The van der Waals surface area contributed by atoms with Crippen LogP contribution in [0.5, 0.6) is 5.75 Å². The van der Waals surface area contributed by atoms with Crippen LogP contribution in [0.25, 0.3) is 0 Å². The molecule has 1 N–H and O–H groups in total. The minimum absolute atomic E-state index is 0.0431. The number of benzene rings is 2. The first-order valence-electron chi connectivity index (χ1n) is 18.1. The van der Waals surface area contributed by atoms with Gasteiger partial charge in [0.1, 0.15) is 15.7 Å². The summed E-state index contributed by atoms with van der Waals surface area (Å²) in [5.74, 6) is 0.107. The van der Waals surface area contributed by atoms with Gasteiger partial charge in [0.05, 0.1) is 29.8 Å². The molecule has 2 bridgehead atoms. The van der Waals surface area contributed by atoms with Crippen LogP contribution in [0.2, 0.25) is 5.02 Å². The third-order valence-corrected chi connectivity index (χ3v) is 14.2. The van der Waals surface area contributed by atoms with Crippen LogP contribution >= 0.6 is 11.6 Å². The minimum Gasteiger partial charge on any atom is -0.490 e. The van der Waals surface area contributed by atoms with Gasteiger partial charge < -0.3 is 19.1 Å². The fourth-order valence-corrected chi connectivity index (χ4v) is 11.1. The van der Waals surface area contributed by atoms with Crippen molar-refractivity contribution in [1.82, 2.24) is 4.72 Å². The van der Waals surface area contributed by atoms with Crippen molar-refractivity contribution in [2.45, 2.75) is 82.3 Å². The molecular formula is C39H50ClN3O6S. The van der Waals surface area contributed by atoms with E-state index in [0.29, 0.717) is 49.0 Å². The van der Waals surface area contributed by atoms with Crippen molar-refractivity contribution in [2.24, 2.45) is 28.0 Å². The summed E-state index contributed by atoms with van der Waals surface area (Å²) < 4.78 is 39.8. The Morgan fingerprint density at radius 2 is 1.98 bits per heavy atom. The van der Waals surface area contributed by atoms with Crippen molar-refractivity contribution in [3.05, 3.63) is 70.3 Å². The number of fused-ring (bicyclic) bond motifs is 4. The van der Waals surface area contributed by atoms with Crippen molar-refractivity contribution in [3.8, 4) is 5.75 Å². The van der Waals surface area contributed by atoms with Crippen molar-refractivity contribution in [3.63, 3.8) is 0 Å². The van der Waals surface area contributed by atoms with E-state index >= 15 is 0 Å². The summed E-state index contributed by atoms with van der Waals surface area (Å²) in [4.78, 5) is 29.7. The number of nitrogens with zero attached hydrogens (tertiary/aromatic N) is 2. The van der Waals surface area contributed by atoms with Crippen LogP contribution in [-0.4, -0.2) is 67.4 Å². The Labute approximate surface area is 301 Å². The molecule has 2 aromatic carbocycles. The number of rotatable bonds is 4. The molecule has 0 saturated heterocycles. The molecule has 6 atom stereocenters. The quantitative estimate of drug-likeness (QED) is 0.342. The van der Waals surface area contributed by atoms with Crippen LogP contribution in [-0.2, 0) is 36.0 Å². The third-order valence-electron chi connectivity index (χ3n) is 12.0. The average molecular weight is 724 g/mol. The molecular weight excluding hydrogens is 674 g/mol. The van der Waals surface area contributed by atoms with E-state index in [1.54, 1.807) is 20.3 Å². The van der Waals surface area contributed by atoms with Crippen molar-refractivity contribution < 1.29 is 28.0 Å². The lowest BCUT2D eigenvalue weighted by Gasteiger charge is -2.46. The van der Waals surface area contributed by atoms with E-state index in [2.05, 4.69) is 38.3 Å². The lowest BCUT2D eigenvalue weighted by molar-refractivity contribution is -0.141. The number of ether oxygens (including phenoxy) is 3. The number of aryl methyl sites for hydroxylation is 1. The second kappa shape index (κ2) is 13.9. The molecule has 0 unspecified atom stereocenters. The fraction of sp³-hybridized carbons (Fsp3) is 0.590. The number of amides is 2. The van der Waals surface area contributed by atoms with Crippen LogP contribution in [0.15, 0.2) is 52.9 Å². The zero-order valence-electron chi connectivity index (χ0n) is 29.6. The van der Waals surface area contributed by atoms with Gasteiger partial charge in [-0.25, -0.2) is 4.21 Å². The number of methoxy groups -OCH3 is 2. The molecule has 2 heterocycles. The average Bonchev–Trinajstić information content (AvgIpc) is 3.20. The Morgan fingerprint density at radius 1 is 1.16 bits per heavy atom. The number of allylic oxidation sites excluding steroid dienone is 1. The van der Waals surface area contributed by atoms with E-state index in [0.717, 1.165) is 55.9 Å². The van der Waals surface area contributed by atoms with Crippen LogP contribution in [0.1, 0.15) is 80.3 Å². The Hall–Kier alpha value is -2.92. The predicted molar refractivity (Wildman–Crippen MR) is 196 cm³/mol. The number of anilines is 1. The Morgan fingerprint density at radius 3 is 2.72 bits per heavy atom.